The molecule has 1 fully saturated rings. The normalized spacial score (nSPS) is 19.6. The standard InChI is InChI=1S/C13H16FNO4S/c14-20(18,19)9-12-5-13(17)15(7-12)6-10-1-3-11(8-16)4-2-10/h1-4,12,16H,5-9H2. The van der Waals surface area contributed by atoms with E-state index in [-0.39, 0.29) is 25.5 Å². The maximum atomic E-state index is 12.6. The van der Waals surface area contributed by atoms with E-state index in [1.54, 1.807) is 24.3 Å². The molecule has 1 aromatic carbocycles. The molecule has 0 spiro atoms. The van der Waals surface area contributed by atoms with E-state index < -0.39 is 21.9 Å². The fourth-order valence-electron chi connectivity index (χ4n) is 2.37. The van der Waals surface area contributed by atoms with E-state index in [1.807, 2.05) is 0 Å². The Hall–Kier alpha value is -1.47. The highest BCUT2D eigenvalue weighted by molar-refractivity contribution is 7.86. The minimum absolute atomic E-state index is 0.0423. The minimum Gasteiger partial charge on any atom is -0.392 e. The molecule has 2 rings (SSSR count). The second-order valence-electron chi connectivity index (χ2n) is 5.02. The average Bonchev–Trinajstić information content (AvgIpc) is 2.68. The molecule has 1 N–H and O–H groups in total. The lowest BCUT2D eigenvalue weighted by atomic mass is 10.1. The first-order valence-electron chi connectivity index (χ1n) is 6.26. The second-order valence-corrected chi connectivity index (χ2v) is 6.44. The Labute approximate surface area is 117 Å². The van der Waals surface area contributed by atoms with Crippen LogP contribution >= 0.6 is 0 Å². The van der Waals surface area contributed by atoms with Crippen LogP contribution in [0.5, 0.6) is 0 Å². The predicted octanol–water partition coefficient (Wildman–Crippen LogP) is 0.827. The molecule has 0 bridgehead atoms. The monoisotopic (exact) mass is 301 g/mol. The molecule has 0 saturated carbocycles. The van der Waals surface area contributed by atoms with Crippen LogP contribution < -0.4 is 0 Å². The highest BCUT2D eigenvalue weighted by Gasteiger charge is 2.32. The maximum Gasteiger partial charge on any atom is 0.302 e. The number of aliphatic hydroxyl groups excluding tert-OH is 1. The van der Waals surface area contributed by atoms with Crippen molar-refractivity contribution in [2.24, 2.45) is 5.92 Å². The van der Waals surface area contributed by atoms with Gasteiger partial charge in [0, 0.05) is 25.4 Å². The number of rotatable bonds is 5. The molecular weight excluding hydrogens is 285 g/mol. The number of carbonyl (C=O) groups excluding carboxylic acids is 1. The summed E-state index contributed by atoms with van der Waals surface area (Å²) in [5.41, 5.74) is 1.67. The van der Waals surface area contributed by atoms with Crippen LogP contribution in [-0.4, -0.2) is 36.6 Å². The van der Waals surface area contributed by atoms with Crippen LogP contribution in [0.15, 0.2) is 24.3 Å². The Kier molecular flexibility index (Phi) is 4.39. The second kappa shape index (κ2) is 5.88. The van der Waals surface area contributed by atoms with Crippen LogP contribution in [0.2, 0.25) is 0 Å². The first-order valence-corrected chi connectivity index (χ1v) is 7.81. The van der Waals surface area contributed by atoms with Crippen LogP contribution in [0.25, 0.3) is 0 Å². The third-order valence-corrected chi connectivity index (χ3v) is 4.18. The number of hydrogen-bond donors (Lipinski definition) is 1. The zero-order valence-corrected chi connectivity index (χ0v) is 11.6. The summed E-state index contributed by atoms with van der Waals surface area (Å²) < 4.78 is 33.8. The van der Waals surface area contributed by atoms with Gasteiger partial charge in [0.2, 0.25) is 5.91 Å². The molecule has 1 aliphatic rings. The summed E-state index contributed by atoms with van der Waals surface area (Å²) in [5.74, 6) is -1.24. The van der Waals surface area contributed by atoms with E-state index in [4.69, 9.17) is 5.11 Å². The number of likely N-dealkylation sites (tertiary alicyclic amines) is 1. The lowest BCUT2D eigenvalue weighted by molar-refractivity contribution is -0.128. The summed E-state index contributed by atoms with van der Waals surface area (Å²) in [7, 11) is -4.54. The molecule has 20 heavy (non-hydrogen) atoms. The average molecular weight is 301 g/mol. The molecule has 1 aliphatic heterocycles. The molecule has 1 atom stereocenters. The van der Waals surface area contributed by atoms with Gasteiger partial charge in [0.25, 0.3) is 0 Å². The lowest BCUT2D eigenvalue weighted by Crippen LogP contribution is -2.25. The number of carbonyl (C=O) groups is 1. The molecule has 5 nitrogen and oxygen atoms in total. The Morgan fingerprint density at radius 2 is 1.85 bits per heavy atom. The predicted molar refractivity (Wildman–Crippen MR) is 70.8 cm³/mol. The first kappa shape index (κ1) is 14.9. The van der Waals surface area contributed by atoms with Crippen molar-refractivity contribution in [3.05, 3.63) is 35.4 Å². The third kappa shape index (κ3) is 4.01. The summed E-state index contributed by atoms with van der Waals surface area (Å²) in [6.07, 6.45) is 0.0673. The van der Waals surface area contributed by atoms with Gasteiger partial charge in [0.15, 0.2) is 0 Å². The number of nitrogens with zero attached hydrogens (tertiary/aromatic N) is 1. The van der Waals surface area contributed by atoms with Crippen LogP contribution in [0, 0.1) is 5.92 Å². The molecule has 110 valence electrons. The van der Waals surface area contributed by atoms with Gasteiger partial charge in [-0.1, -0.05) is 24.3 Å². The van der Waals surface area contributed by atoms with Gasteiger partial charge in [0.05, 0.1) is 12.4 Å². The van der Waals surface area contributed by atoms with Crippen LogP contribution in [-0.2, 0) is 28.2 Å². The van der Waals surface area contributed by atoms with Gasteiger partial charge in [0.1, 0.15) is 0 Å². The summed E-state index contributed by atoms with van der Waals surface area (Å²) in [5, 5.41) is 8.94. The summed E-state index contributed by atoms with van der Waals surface area (Å²) >= 11 is 0. The van der Waals surface area contributed by atoms with Crippen molar-refractivity contribution in [3.8, 4) is 0 Å². The zero-order valence-electron chi connectivity index (χ0n) is 10.8. The molecule has 1 heterocycles. The van der Waals surface area contributed by atoms with Crippen molar-refractivity contribution in [2.45, 2.75) is 19.6 Å². The van der Waals surface area contributed by atoms with Crippen LogP contribution in [0.3, 0.4) is 0 Å². The Balaban J connectivity index is 1.97. The zero-order chi connectivity index (χ0) is 14.8. The molecule has 0 aromatic heterocycles. The number of halogens is 1. The van der Waals surface area contributed by atoms with Crippen molar-refractivity contribution in [3.63, 3.8) is 0 Å². The van der Waals surface area contributed by atoms with Crippen molar-refractivity contribution in [1.82, 2.24) is 4.90 Å². The minimum atomic E-state index is -4.54. The molecular formula is C13H16FNO4S. The molecule has 0 aliphatic carbocycles. The van der Waals surface area contributed by atoms with Crippen molar-refractivity contribution in [1.29, 1.82) is 0 Å². The number of amides is 1. The molecule has 1 unspecified atom stereocenters. The van der Waals surface area contributed by atoms with Gasteiger partial charge in [-0.25, -0.2) is 0 Å². The van der Waals surface area contributed by atoms with E-state index in [1.165, 1.54) is 4.90 Å². The van der Waals surface area contributed by atoms with Crippen LogP contribution in [0.4, 0.5) is 3.89 Å². The molecule has 1 aromatic rings. The van der Waals surface area contributed by atoms with E-state index in [9.17, 15) is 17.1 Å². The van der Waals surface area contributed by atoms with Gasteiger partial charge < -0.3 is 10.0 Å². The summed E-state index contributed by atoms with van der Waals surface area (Å²) in [4.78, 5) is 13.3. The topological polar surface area (TPSA) is 74.7 Å². The molecule has 1 amide bonds. The van der Waals surface area contributed by atoms with Gasteiger partial charge in [-0.15, -0.1) is 3.89 Å². The fourth-order valence-corrected chi connectivity index (χ4v) is 3.16. The number of hydrogen-bond acceptors (Lipinski definition) is 4. The molecule has 7 heteroatoms. The third-order valence-electron chi connectivity index (χ3n) is 3.31. The van der Waals surface area contributed by atoms with Crippen molar-refractivity contribution >= 4 is 16.1 Å². The van der Waals surface area contributed by atoms with Crippen LogP contribution in [0.1, 0.15) is 17.5 Å². The smallest absolute Gasteiger partial charge is 0.302 e. The maximum absolute atomic E-state index is 12.6. The van der Waals surface area contributed by atoms with E-state index in [2.05, 4.69) is 0 Å². The number of aliphatic hydroxyl groups is 1. The van der Waals surface area contributed by atoms with Gasteiger partial charge >= 0.3 is 10.2 Å². The summed E-state index contributed by atoms with van der Waals surface area (Å²) in [6.45, 7) is 0.580. The van der Waals surface area contributed by atoms with Gasteiger partial charge in [-0.3, -0.25) is 4.79 Å². The Bertz CT molecular complexity index is 585. The van der Waals surface area contributed by atoms with E-state index in [0.717, 1.165) is 11.1 Å². The largest absolute Gasteiger partial charge is 0.392 e. The quantitative estimate of drug-likeness (QED) is 0.817. The Morgan fingerprint density at radius 3 is 2.40 bits per heavy atom. The van der Waals surface area contributed by atoms with Gasteiger partial charge in [-0.05, 0) is 11.1 Å². The SMILES string of the molecule is O=C1CC(CS(=O)(=O)F)CN1Cc1ccc(CO)cc1. The highest BCUT2D eigenvalue weighted by atomic mass is 32.3. The van der Waals surface area contributed by atoms with Crippen molar-refractivity contribution in [2.75, 3.05) is 12.3 Å². The highest BCUT2D eigenvalue weighted by Crippen LogP contribution is 2.22. The van der Waals surface area contributed by atoms with Gasteiger partial charge in [-0.2, -0.15) is 8.42 Å². The first-order chi connectivity index (χ1) is 9.37. The van der Waals surface area contributed by atoms with E-state index in [0.29, 0.717) is 6.54 Å². The Morgan fingerprint density at radius 1 is 1.25 bits per heavy atom. The van der Waals surface area contributed by atoms with E-state index >= 15 is 0 Å². The molecule has 1 saturated heterocycles. The lowest BCUT2D eigenvalue weighted by Gasteiger charge is -2.16. The fraction of sp³-hybridized carbons (Fsp3) is 0.462. The molecule has 0 radical (unpaired) electrons. The van der Waals surface area contributed by atoms with Crippen molar-refractivity contribution < 1.29 is 22.2 Å². The summed E-state index contributed by atoms with van der Waals surface area (Å²) in [6, 6.07) is 7.13. The number of benzene rings is 1.